The van der Waals surface area contributed by atoms with Crippen LogP contribution in [0.3, 0.4) is 0 Å². The van der Waals surface area contributed by atoms with Gasteiger partial charge in [0.15, 0.2) is 5.75 Å². The van der Waals surface area contributed by atoms with Crippen molar-refractivity contribution in [3.05, 3.63) is 12.4 Å². The third kappa shape index (κ3) is 2.57. The van der Waals surface area contributed by atoms with Gasteiger partial charge in [0.2, 0.25) is 0 Å². The Kier molecular flexibility index (Phi) is 3.52. The summed E-state index contributed by atoms with van der Waals surface area (Å²) in [6.45, 7) is 7.66. The van der Waals surface area contributed by atoms with Gasteiger partial charge in [-0.05, 0) is 38.0 Å². The maximum Gasteiger partial charge on any atom is 0.157 e. The summed E-state index contributed by atoms with van der Waals surface area (Å²) in [6.07, 6.45) is 7.85. The van der Waals surface area contributed by atoms with Gasteiger partial charge in [0.25, 0.3) is 0 Å². The second-order valence-corrected chi connectivity index (χ2v) is 5.04. The van der Waals surface area contributed by atoms with E-state index in [1.807, 2.05) is 17.1 Å². The molecule has 1 aromatic rings. The minimum atomic E-state index is 0.390. The van der Waals surface area contributed by atoms with Crippen LogP contribution in [0.1, 0.15) is 40.0 Å². The zero-order valence-corrected chi connectivity index (χ0v) is 10.5. The van der Waals surface area contributed by atoms with E-state index in [2.05, 4.69) is 25.9 Å². The van der Waals surface area contributed by atoms with Crippen molar-refractivity contribution in [3.63, 3.8) is 0 Å². The van der Waals surface area contributed by atoms with Crippen LogP contribution in [-0.4, -0.2) is 15.9 Å². The monoisotopic (exact) mass is 222 g/mol. The SMILES string of the molecule is CCn1cc(OC2CCC(C)C(C)C2)cn1. The summed E-state index contributed by atoms with van der Waals surface area (Å²) < 4.78 is 7.88. The average molecular weight is 222 g/mol. The Balaban J connectivity index is 1.90. The van der Waals surface area contributed by atoms with Gasteiger partial charge < -0.3 is 4.74 Å². The van der Waals surface area contributed by atoms with Crippen LogP contribution < -0.4 is 4.74 Å². The number of hydrogen-bond acceptors (Lipinski definition) is 2. The van der Waals surface area contributed by atoms with Crippen molar-refractivity contribution in [1.82, 2.24) is 9.78 Å². The molecule has 1 aliphatic rings. The molecular formula is C13H22N2O. The molecule has 1 aliphatic carbocycles. The Hall–Kier alpha value is -0.990. The van der Waals surface area contributed by atoms with Crippen molar-refractivity contribution in [2.75, 3.05) is 0 Å². The normalized spacial score (nSPS) is 30.3. The Bertz CT molecular complexity index is 334. The van der Waals surface area contributed by atoms with E-state index in [1.165, 1.54) is 19.3 Å². The number of aryl methyl sites for hydroxylation is 1. The topological polar surface area (TPSA) is 27.1 Å². The number of ether oxygens (including phenoxy) is 1. The number of aromatic nitrogens is 2. The maximum absolute atomic E-state index is 5.97. The molecule has 90 valence electrons. The molecule has 0 aromatic carbocycles. The van der Waals surface area contributed by atoms with Crippen LogP contribution in [0.4, 0.5) is 0 Å². The Morgan fingerprint density at radius 3 is 2.81 bits per heavy atom. The van der Waals surface area contributed by atoms with Gasteiger partial charge in [0.05, 0.1) is 18.5 Å². The summed E-state index contributed by atoms with van der Waals surface area (Å²) in [5.74, 6) is 2.55. The molecule has 3 heteroatoms. The lowest BCUT2D eigenvalue weighted by Gasteiger charge is -2.31. The first-order chi connectivity index (χ1) is 7.69. The number of nitrogens with zero attached hydrogens (tertiary/aromatic N) is 2. The van der Waals surface area contributed by atoms with Crippen LogP contribution in [0.15, 0.2) is 12.4 Å². The van der Waals surface area contributed by atoms with Crippen LogP contribution in [0.25, 0.3) is 0 Å². The molecule has 1 saturated carbocycles. The van der Waals surface area contributed by atoms with E-state index in [1.54, 1.807) is 0 Å². The molecule has 0 radical (unpaired) electrons. The fraction of sp³-hybridized carbons (Fsp3) is 0.769. The molecule has 3 unspecified atom stereocenters. The smallest absolute Gasteiger partial charge is 0.157 e. The lowest BCUT2D eigenvalue weighted by atomic mass is 9.80. The van der Waals surface area contributed by atoms with Gasteiger partial charge in [-0.1, -0.05) is 13.8 Å². The van der Waals surface area contributed by atoms with Crippen LogP contribution in [0.2, 0.25) is 0 Å². The molecule has 0 saturated heterocycles. The highest BCUT2D eigenvalue weighted by atomic mass is 16.5. The van der Waals surface area contributed by atoms with E-state index in [-0.39, 0.29) is 0 Å². The minimum absolute atomic E-state index is 0.390. The molecule has 3 nitrogen and oxygen atoms in total. The Labute approximate surface area is 97.8 Å². The quantitative estimate of drug-likeness (QED) is 0.785. The highest BCUT2D eigenvalue weighted by molar-refractivity contribution is 5.12. The molecule has 16 heavy (non-hydrogen) atoms. The van der Waals surface area contributed by atoms with E-state index in [4.69, 9.17) is 4.74 Å². The first-order valence-corrected chi connectivity index (χ1v) is 6.38. The van der Waals surface area contributed by atoms with E-state index in [9.17, 15) is 0 Å². The second kappa shape index (κ2) is 4.89. The van der Waals surface area contributed by atoms with Gasteiger partial charge in [-0.3, -0.25) is 4.68 Å². The summed E-state index contributed by atoms with van der Waals surface area (Å²) in [5, 5.41) is 4.23. The molecule has 0 spiro atoms. The van der Waals surface area contributed by atoms with Crippen LogP contribution >= 0.6 is 0 Å². The van der Waals surface area contributed by atoms with Crippen LogP contribution in [0.5, 0.6) is 5.75 Å². The van der Waals surface area contributed by atoms with Gasteiger partial charge in [-0.25, -0.2) is 0 Å². The third-order valence-electron chi connectivity index (χ3n) is 3.79. The van der Waals surface area contributed by atoms with Gasteiger partial charge in [-0.15, -0.1) is 0 Å². The second-order valence-electron chi connectivity index (χ2n) is 5.04. The fourth-order valence-corrected chi connectivity index (χ4v) is 2.38. The standard InChI is InChI=1S/C13H22N2O/c1-4-15-9-13(8-14-15)16-12-6-5-10(2)11(3)7-12/h8-12H,4-7H2,1-3H3. The molecule has 1 aromatic heterocycles. The molecule has 0 aliphatic heterocycles. The van der Waals surface area contributed by atoms with Gasteiger partial charge >= 0.3 is 0 Å². The van der Waals surface area contributed by atoms with Crippen molar-refractivity contribution < 1.29 is 4.74 Å². The number of hydrogen-bond donors (Lipinski definition) is 0. The lowest BCUT2D eigenvalue weighted by Crippen LogP contribution is -2.28. The van der Waals surface area contributed by atoms with Crippen molar-refractivity contribution in [2.24, 2.45) is 11.8 Å². The first-order valence-electron chi connectivity index (χ1n) is 6.38. The lowest BCUT2D eigenvalue weighted by molar-refractivity contribution is 0.100. The molecule has 1 heterocycles. The summed E-state index contributed by atoms with van der Waals surface area (Å²) >= 11 is 0. The van der Waals surface area contributed by atoms with E-state index in [0.29, 0.717) is 6.10 Å². The van der Waals surface area contributed by atoms with Crippen LogP contribution in [0, 0.1) is 11.8 Å². The predicted octanol–water partition coefficient (Wildman–Crippen LogP) is 3.11. The highest BCUT2D eigenvalue weighted by Gasteiger charge is 2.25. The van der Waals surface area contributed by atoms with E-state index in [0.717, 1.165) is 24.1 Å². The summed E-state index contributed by atoms with van der Waals surface area (Å²) in [6, 6.07) is 0. The summed E-state index contributed by atoms with van der Waals surface area (Å²) in [7, 11) is 0. The van der Waals surface area contributed by atoms with E-state index >= 15 is 0 Å². The Morgan fingerprint density at radius 2 is 2.19 bits per heavy atom. The third-order valence-corrected chi connectivity index (χ3v) is 3.79. The highest BCUT2D eigenvalue weighted by Crippen LogP contribution is 2.31. The van der Waals surface area contributed by atoms with Gasteiger partial charge in [-0.2, -0.15) is 5.10 Å². The molecule has 0 bridgehead atoms. The molecule has 2 rings (SSSR count). The first kappa shape index (κ1) is 11.5. The minimum Gasteiger partial charge on any atom is -0.487 e. The molecule has 3 atom stereocenters. The van der Waals surface area contributed by atoms with E-state index < -0.39 is 0 Å². The molecule has 0 N–H and O–H groups in total. The molecular weight excluding hydrogens is 200 g/mol. The summed E-state index contributed by atoms with van der Waals surface area (Å²) in [4.78, 5) is 0. The molecule has 0 amide bonds. The Morgan fingerprint density at radius 1 is 1.38 bits per heavy atom. The zero-order valence-electron chi connectivity index (χ0n) is 10.5. The largest absolute Gasteiger partial charge is 0.487 e. The summed E-state index contributed by atoms with van der Waals surface area (Å²) in [5.41, 5.74) is 0. The van der Waals surface area contributed by atoms with Crippen LogP contribution in [-0.2, 0) is 6.54 Å². The van der Waals surface area contributed by atoms with Crippen molar-refractivity contribution >= 4 is 0 Å². The van der Waals surface area contributed by atoms with Gasteiger partial charge in [0.1, 0.15) is 0 Å². The maximum atomic E-state index is 5.97. The van der Waals surface area contributed by atoms with Crippen molar-refractivity contribution in [2.45, 2.75) is 52.7 Å². The van der Waals surface area contributed by atoms with Crippen molar-refractivity contribution in [3.8, 4) is 5.75 Å². The number of rotatable bonds is 3. The fourth-order valence-electron chi connectivity index (χ4n) is 2.38. The van der Waals surface area contributed by atoms with Gasteiger partial charge in [0, 0.05) is 6.54 Å². The average Bonchev–Trinajstić information content (AvgIpc) is 2.71. The predicted molar refractivity (Wildman–Crippen MR) is 64.5 cm³/mol. The zero-order chi connectivity index (χ0) is 11.5. The van der Waals surface area contributed by atoms with Crippen molar-refractivity contribution in [1.29, 1.82) is 0 Å². The molecule has 1 fully saturated rings.